The molecule has 5 heteroatoms. The van der Waals surface area contributed by atoms with E-state index in [-0.39, 0.29) is 6.10 Å². The Morgan fingerprint density at radius 3 is 2.86 bits per heavy atom. The summed E-state index contributed by atoms with van der Waals surface area (Å²) in [6, 6.07) is 6.69. The molecule has 1 aromatic carbocycles. The SMILES string of the molecule is CCc1ccc(CC)c(C2=NOC(CCNC(=S)NC)C2)c1. The monoisotopic (exact) mass is 319 g/mol. The molecule has 0 aliphatic carbocycles. The Morgan fingerprint density at radius 2 is 2.18 bits per heavy atom. The molecule has 0 bridgehead atoms. The number of nitrogens with zero attached hydrogens (tertiary/aromatic N) is 1. The second-order valence-corrected chi connectivity index (χ2v) is 5.87. The van der Waals surface area contributed by atoms with Gasteiger partial charge >= 0.3 is 0 Å². The van der Waals surface area contributed by atoms with E-state index >= 15 is 0 Å². The lowest BCUT2D eigenvalue weighted by Gasteiger charge is -2.11. The van der Waals surface area contributed by atoms with Crippen LogP contribution < -0.4 is 10.6 Å². The average molecular weight is 319 g/mol. The lowest BCUT2D eigenvalue weighted by molar-refractivity contribution is 0.0801. The number of rotatable bonds is 6. The maximum absolute atomic E-state index is 5.59. The summed E-state index contributed by atoms with van der Waals surface area (Å²) in [7, 11) is 1.82. The van der Waals surface area contributed by atoms with Crippen molar-refractivity contribution in [2.45, 2.75) is 45.6 Å². The van der Waals surface area contributed by atoms with Gasteiger partial charge in [0.05, 0.1) is 5.71 Å². The molecule has 2 N–H and O–H groups in total. The number of thiocarbonyl (C=S) groups is 1. The van der Waals surface area contributed by atoms with Crippen LogP contribution in [0.5, 0.6) is 0 Å². The van der Waals surface area contributed by atoms with Crippen LogP contribution in [-0.4, -0.2) is 30.5 Å². The predicted molar refractivity (Wildman–Crippen MR) is 95.5 cm³/mol. The predicted octanol–water partition coefficient (Wildman–Crippen LogP) is 2.79. The van der Waals surface area contributed by atoms with Crippen molar-refractivity contribution in [3.05, 3.63) is 34.9 Å². The van der Waals surface area contributed by atoms with E-state index in [2.05, 4.69) is 47.8 Å². The molecule has 120 valence electrons. The van der Waals surface area contributed by atoms with Crippen LogP contribution >= 0.6 is 12.2 Å². The van der Waals surface area contributed by atoms with Gasteiger partial charge in [-0.25, -0.2) is 0 Å². The minimum atomic E-state index is 0.136. The number of benzene rings is 1. The highest BCUT2D eigenvalue weighted by Gasteiger charge is 2.23. The molecule has 1 aliphatic rings. The summed E-state index contributed by atoms with van der Waals surface area (Å²) in [4.78, 5) is 5.59. The van der Waals surface area contributed by atoms with Crippen LogP contribution in [0.25, 0.3) is 0 Å². The second kappa shape index (κ2) is 8.13. The molecule has 1 atom stereocenters. The molecule has 0 amide bonds. The highest BCUT2D eigenvalue weighted by Crippen LogP contribution is 2.23. The summed E-state index contributed by atoms with van der Waals surface area (Å²) in [5, 5.41) is 11.0. The van der Waals surface area contributed by atoms with Gasteiger partial charge in [0.15, 0.2) is 5.11 Å². The molecule has 0 radical (unpaired) electrons. The van der Waals surface area contributed by atoms with Crippen LogP contribution in [0.3, 0.4) is 0 Å². The van der Waals surface area contributed by atoms with Crippen LogP contribution in [0.2, 0.25) is 0 Å². The molecule has 0 aromatic heterocycles. The smallest absolute Gasteiger partial charge is 0.166 e. The van der Waals surface area contributed by atoms with Crippen molar-refractivity contribution >= 4 is 23.0 Å². The lowest BCUT2D eigenvalue weighted by atomic mass is 9.94. The molecule has 22 heavy (non-hydrogen) atoms. The summed E-state index contributed by atoms with van der Waals surface area (Å²) < 4.78 is 0. The molecule has 4 nitrogen and oxygen atoms in total. The molecular weight excluding hydrogens is 294 g/mol. The van der Waals surface area contributed by atoms with E-state index in [1.807, 2.05) is 7.05 Å². The quantitative estimate of drug-likeness (QED) is 0.792. The van der Waals surface area contributed by atoms with E-state index in [0.717, 1.165) is 37.9 Å². The number of oxime groups is 1. The van der Waals surface area contributed by atoms with Crippen molar-refractivity contribution in [1.29, 1.82) is 0 Å². The molecule has 0 saturated carbocycles. The average Bonchev–Trinajstić information content (AvgIpc) is 3.02. The van der Waals surface area contributed by atoms with E-state index < -0.39 is 0 Å². The van der Waals surface area contributed by atoms with Crippen molar-refractivity contribution in [3.63, 3.8) is 0 Å². The molecule has 0 spiro atoms. The summed E-state index contributed by atoms with van der Waals surface area (Å²) >= 11 is 5.06. The standard InChI is InChI=1S/C17H25N3OS/c1-4-12-6-7-13(5-2)15(10-12)16-11-14(21-20-16)8-9-19-17(22)18-3/h6-7,10,14H,4-5,8-9,11H2,1-3H3,(H2,18,19,22). The highest BCUT2D eigenvalue weighted by atomic mass is 32.1. The van der Waals surface area contributed by atoms with Gasteiger partial charge in [-0.15, -0.1) is 0 Å². The third kappa shape index (κ3) is 4.19. The fourth-order valence-electron chi connectivity index (χ4n) is 2.60. The Morgan fingerprint density at radius 1 is 1.36 bits per heavy atom. The van der Waals surface area contributed by atoms with Crippen LogP contribution in [0.1, 0.15) is 43.4 Å². The Balaban J connectivity index is 1.96. The summed E-state index contributed by atoms with van der Waals surface area (Å²) in [6.45, 7) is 5.15. The summed E-state index contributed by atoms with van der Waals surface area (Å²) in [5.41, 5.74) is 5.02. The van der Waals surface area contributed by atoms with Gasteiger partial charge in [-0.05, 0) is 42.3 Å². The molecular formula is C17H25N3OS. The summed E-state index contributed by atoms with van der Waals surface area (Å²) in [5.74, 6) is 0. The van der Waals surface area contributed by atoms with E-state index in [4.69, 9.17) is 17.1 Å². The first-order valence-corrected chi connectivity index (χ1v) is 8.39. The number of aryl methyl sites for hydroxylation is 2. The maximum Gasteiger partial charge on any atom is 0.166 e. The van der Waals surface area contributed by atoms with Gasteiger partial charge in [0.2, 0.25) is 0 Å². The highest BCUT2D eigenvalue weighted by molar-refractivity contribution is 7.80. The maximum atomic E-state index is 5.59. The number of hydrogen-bond donors (Lipinski definition) is 2. The first kappa shape index (κ1) is 16.7. The van der Waals surface area contributed by atoms with Crippen LogP contribution in [-0.2, 0) is 17.7 Å². The van der Waals surface area contributed by atoms with Crippen molar-refractivity contribution in [2.24, 2.45) is 5.16 Å². The van der Waals surface area contributed by atoms with Gasteiger partial charge in [0, 0.05) is 32.0 Å². The first-order chi connectivity index (χ1) is 10.7. The zero-order valence-corrected chi connectivity index (χ0v) is 14.4. The minimum Gasteiger partial charge on any atom is -0.392 e. The largest absolute Gasteiger partial charge is 0.392 e. The van der Waals surface area contributed by atoms with Gasteiger partial charge in [-0.2, -0.15) is 0 Å². The lowest BCUT2D eigenvalue weighted by Crippen LogP contribution is -2.34. The normalized spacial score (nSPS) is 16.9. The molecule has 1 aromatic rings. The van der Waals surface area contributed by atoms with E-state index in [1.54, 1.807) is 0 Å². The van der Waals surface area contributed by atoms with Gasteiger partial charge in [0.1, 0.15) is 6.10 Å². The first-order valence-electron chi connectivity index (χ1n) is 7.98. The number of hydrogen-bond acceptors (Lipinski definition) is 3. The molecule has 1 aliphatic heterocycles. The van der Waals surface area contributed by atoms with E-state index in [0.29, 0.717) is 5.11 Å². The second-order valence-electron chi connectivity index (χ2n) is 5.46. The van der Waals surface area contributed by atoms with Gasteiger partial charge in [-0.3, -0.25) is 0 Å². The van der Waals surface area contributed by atoms with Crippen LogP contribution in [0.15, 0.2) is 23.4 Å². The minimum absolute atomic E-state index is 0.136. The van der Waals surface area contributed by atoms with Crippen molar-refractivity contribution in [1.82, 2.24) is 10.6 Å². The van der Waals surface area contributed by atoms with E-state index in [1.165, 1.54) is 16.7 Å². The zero-order chi connectivity index (χ0) is 15.9. The Kier molecular flexibility index (Phi) is 6.19. The third-order valence-electron chi connectivity index (χ3n) is 3.99. The van der Waals surface area contributed by atoms with Crippen molar-refractivity contribution < 1.29 is 4.84 Å². The molecule has 0 saturated heterocycles. The molecule has 1 unspecified atom stereocenters. The fourth-order valence-corrected chi connectivity index (χ4v) is 2.70. The van der Waals surface area contributed by atoms with Gasteiger partial charge in [0.25, 0.3) is 0 Å². The fraction of sp³-hybridized carbons (Fsp3) is 0.529. The van der Waals surface area contributed by atoms with Crippen LogP contribution in [0, 0.1) is 0 Å². The zero-order valence-electron chi connectivity index (χ0n) is 13.6. The Labute approximate surface area is 138 Å². The Hall–Kier alpha value is -1.62. The van der Waals surface area contributed by atoms with Crippen molar-refractivity contribution in [2.75, 3.05) is 13.6 Å². The van der Waals surface area contributed by atoms with E-state index in [9.17, 15) is 0 Å². The molecule has 0 fully saturated rings. The van der Waals surface area contributed by atoms with Crippen molar-refractivity contribution in [3.8, 4) is 0 Å². The topological polar surface area (TPSA) is 45.6 Å². The van der Waals surface area contributed by atoms with Gasteiger partial charge < -0.3 is 15.5 Å². The molecule has 1 heterocycles. The third-order valence-corrected chi connectivity index (χ3v) is 4.33. The summed E-state index contributed by atoms with van der Waals surface area (Å²) in [6.07, 6.45) is 3.95. The number of nitrogens with one attached hydrogen (secondary N) is 2. The van der Waals surface area contributed by atoms with Crippen LogP contribution in [0.4, 0.5) is 0 Å². The molecule has 2 rings (SSSR count). The Bertz CT molecular complexity index is 557. The van der Waals surface area contributed by atoms with Gasteiger partial charge in [-0.1, -0.05) is 31.1 Å².